The number of benzene rings is 3. The van der Waals surface area contributed by atoms with Gasteiger partial charge in [0.2, 0.25) is 0 Å². The van der Waals surface area contributed by atoms with Crippen LogP contribution >= 0.6 is 0 Å². The molecule has 0 saturated carbocycles. The molecule has 0 unspecified atom stereocenters. The van der Waals surface area contributed by atoms with Gasteiger partial charge in [-0.3, -0.25) is 9.59 Å². The molecule has 0 saturated heterocycles. The first-order chi connectivity index (χ1) is 16.6. The van der Waals surface area contributed by atoms with E-state index in [-0.39, 0.29) is 17.0 Å². The average Bonchev–Trinajstić information content (AvgIpc) is 2.81. The lowest BCUT2D eigenvalue weighted by Crippen LogP contribution is -2.43. The normalized spacial score (nSPS) is 15.2. The molecule has 0 aliphatic carbocycles. The van der Waals surface area contributed by atoms with E-state index in [9.17, 15) is 22.8 Å². The monoisotopic (exact) mass is 480 g/mol. The lowest BCUT2D eigenvalue weighted by atomic mass is 9.85. The lowest BCUT2D eigenvalue weighted by Gasteiger charge is -2.35. The van der Waals surface area contributed by atoms with Gasteiger partial charge in [-0.25, -0.2) is 13.2 Å². The van der Waals surface area contributed by atoms with Crippen LogP contribution in [-0.4, -0.2) is 24.3 Å². The van der Waals surface area contributed by atoms with Crippen LogP contribution in [0.1, 0.15) is 45.7 Å². The molecule has 0 aromatic heterocycles. The summed E-state index contributed by atoms with van der Waals surface area (Å²) in [6, 6.07) is 12.5. The number of anilines is 1. The van der Waals surface area contributed by atoms with Crippen molar-refractivity contribution in [3.63, 3.8) is 0 Å². The summed E-state index contributed by atoms with van der Waals surface area (Å²) in [5.74, 6) is -4.41. The molecule has 5 nitrogen and oxygen atoms in total. The summed E-state index contributed by atoms with van der Waals surface area (Å²) in [5, 5.41) is 5.81. The molecule has 4 rings (SSSR count). The molecular formula is C27H23F3N2O3. The van der Waals surface area contributed by atoms with Gasteiger partial charge in [-0.15, -0.1) is 0 Å². The zero-order chi connectivity index (χ0) is 25.3. The fraction of sp³-hybridized carbons (Fsp3) is 0.185. The number of halogens is 3. The molecule has 0 fully saturated rings. The van der Waals surface area contributed by atoms with Gasteiger partial charge < -0.3 is 15.4 Å². The van der Waals surface area contributed by atoms with Gasteiger partial charge in [0.05, 0.1) is 12.7 Å². The number of ketones is 1. The number of amides is 1. The SMILES string of the molecule is COc1ccc2c(c1)C(=CC(=O)c1ccc(NC(=O)c3cc(F)c(F)cc3F)cc1)NC(C)(C)C2. The highest BCUT2D eigenvalue weighted by molar-refractivity contribution is 6.09. The number of hydrogen-bond donors (Lipinski definition) is 2. The second kappa shape index (κ2) is 9.29. The first-order valence-electron chi connectivity index (χ1n) is 10.8. The van der Waals surface area contributed by atoms with Gasteiger partial charge in [0, 0.05) is 40.2 Å². The number of ether oxygens (including phenoxy) is 1. The quantitative estimate of drug-likeness (QED) is 0.287. The summed E-state index contributed by atoms with van der Waals surface area (Å²) in [4.78, 5) is 25.3. The van der Waals surface area contributed by atoms with Crippen molar-refractivity contribution in [2.45, 2.75) is 25.8 Å². The molecule has 35 heavy (non-hydrogen) atoms. The van der Waals surface area contributed by atoms with Crippen LogP contribution < -0.4 is 15.4 Å². The van der Waals surface area contributed by atoms with Crippen molar-refractivity contribution in [2.75, 3.05) is 12.4 Å². The molecule has 180 valence electrons. The highest BCUT2D eigenvalue weighted by Crippen LogP contribution is 2.32. The zero-order valence-corrected chi connectivity index (χ0v) is 19.3. The Morgan fingerprint density at radius 3 is 2.34 bits per heavy atom. The molecule has 3 aromatic rings. The van der Waals surface area contributed by atoms with Crippen molar-refractivity contribution < 1.29 is 27.5 Å². The van der Waals surface area contributed by atoms with Crippen LogP contribution in [0.5, 0.6) is 5.75 Å². The highest BCUT2D eigenvalue weighted by atomic mass is 19.2. The van der Waals surface area contributed by atoms with Gasteiger partial charge in [-0.1, -0.05) is 6.07 Å². The molecule has 2 N–H and O–H groups in total. The number of hydrogen-bond acceptors (Lipinski definition) is 4. The third-order valence-corrected chi connectivity index (χ3v) is 5.67. The van der Waals surface area contributed by atoms with Crippen LogP contribution in [0.4, 0.5) is 18.9 Å². The van der Waals surface area contributed by atoms with Crippen molar-refractivity contribution in [2.24, 2.45) is 0 Å². The zero-order valence-electron chi connectivity index (χ0n) is 19.3. The van der Waals surface area contributed by atoms with Crippen molar-refractivity contribution in [1.82, 2.24) is 5.32 Å². The number of carbonyl (C=O) groups is 2. The summed E-state index contributed by atoms with van der Waals surface area (Å²) in [7, 11) is 1.58. The minimum atomic E-state index is -1.38. The number of nitrogens with one attached hydrogen (secondary N) is 2. The summed E-state index contributed by atoms with van der Waals surface area (Å²) >= 11 is 0. The third-order valence-electron chi connectivity index (χ3n) is 5.67. The molecule has 0 bridgehead atoms. The Hall–Kier alpha value is -4.07. The Labute approximate surface area is 200 Å². The maximum absolute atomic E-state index is 13.9. The molecule has 0 radical (unpaired) electrons. The van der Waals surface area contributed by atoms with Crippen LogP contribution in [-0.2, 0) is 6.42 Å². The lowest BCUT2D eigenvalue weighted by molar-refractivity contribution is 0.102. The Morgan fingerprint density at radius 2 is 1.66 bits per heavy atom. The van der Waals surface area contributed by atoms with E-state index in [0.717, 1.165) is 17.5 Å². The standard InChI is InChI=1S/C27H23F3N2O3/c1-27(2)14-16-6-9-18(35-3)10-19(16)24(32-27)13-25(33)15-4-7-17(8-5-15)31-26(34)20-11-22(29)23(30)12-21(20)28/h4-13,32H,14H2,1-3H3,(H,31,34). The van der Waals surface area contributed by atoms with E-state index in [1.807, 2.05) is 32.0 Å². The van der Waals surface area contributed by atoms with Gasteiger partial charge in [-0.05, 0) is 68.3 Å². The maximum Gasteiger partial charge on any atom is 0.258 e. The van der Waals surface area contributed by atoms with E-state index in [4.69, 9.17) is 4.74 Å². The van der Waals surface area contributed by atoms with Gasteiger partial charge in [0.25, 0.3) is 5.91 Å². The van der Waals surface area contributed by atoms with E-state index >= 15 is 0 Å². The first kappa shape index (κ1) is 24.1. The average molecular weight is 480 g/mol. The maximum atomic E-state index is 13.9. The van der Waals surface area contributed by atoms with Crippen LogP contribution in [0.15, 0.2) is 60.7 Å². The van der Waals surface area contributed by atoms with Crippen molar-refractivity contribution in [3.05, 3.63) is 100 Å². The predicted molar refractivity (Wildman–Crippen MR) is 127 cm³/mol. The van der Waals surface area contributed by atoms with Crippen molar-refractivity contribution in [1.29, 1.82) is 0 Å². The molecular weight excluding hydrogens is 457 g/mol. The second-order valence-corrected chi connectivity index (χ2v) is 8.91. The van der Waals surface area contributed by atoms with Gasteiger partial charge in [-0.2, -0.15) is 0 Å². The Balaban J connectivity index is 1.55. The van der Waals surface area contributed by atoms with Crippen LogP contribution in [0.25, 0.3) is 5.70 Å². The van der Waals surface area contributed by atoms with Crippen molar-refractivity contribution in [3.8, 4) is 5.75 Å². The first-order valence-corrected chi connectivity index (χ1v) is 10.8. The van der Waals surface area contributed by atoms with E-state index in [0.29, 0.717) is 29.1 Å². The molecule has 1 aliphatic rings. The van der Waals surface area contributed by atoms with E-state index in [1.54, 1.807) is 7.11 Å². The molecule has 1 heterocycles. The highest BCUT2D eigenvalue weighted by Gasteiger charge is 2.28. The molecule has 1 amide bonds. The van der Waals surface area contributed by atoms with Crippen LogP contribution in [0, 0.1) is 17.5 Å². The van der Waals surface area contributed by atoms with E-state index < -0.39 is 28.9 Å². The molecule has 1 aliphatic heterocycles. The number of rotatable bonds is 5. The minimum absolute atomic E-state index is 0.253. The number of methoxy groups -OCH3 is 1. The fourth-order valence-electron chi connectivity index (χ4n) is 3.98. The largest absolute Gasteiger partial charge is 0.497 e. The summed E-state index contributed by atoms with van der Waals surface area (Å²) in [5.41, 5.74) is 2.39. The smallest absolute Gasteiger partial charge is 0.258 e. The Morgan fingerprint density at radius 1 is 0.971 bits per heavy atom. The topological polar surface area (TPSA) is 67.4 Å². The number of allylic oxidation sites excluding steroid dienone is 1. The Kier molecular flexibility index (Phi) is 6.39. The van der Waals surface area contributed by atoms with Gasteiger partial charge >= 0.3 is 0 Å². The van der Waals surface area contributed by atoms with Gasteiger partial charge in [0.1, 0.15) is 11.6 Å². The van der Waals surface area contributed by atoms with E-state index in [2.05, 4.69) is 10.6 Å². The van der Waals surface area contributed by atoms with Gasteiger partial charge in [0.15, 0.2) is 17.4 Å². The molecule has 0 spiro atoms. The Bertz CT molecular complexity index is 1350. The summed E-state index contributed by atoms with van der Waals surface area (Å²) < 4.78 is 45.7. The molecule has 0 atom stereocenters. The van der Waals surface area contributed by atoms with Crippen LogP contribution in [0.3, 0.4) is 0 Å². The second-order valence-electron chi connectivity index (χ2n) is 8.91. The van der Waals surface area contributed by atoms with Crippen molar-refractivity contribution >= 4 is 23.1 Å². The summed E-state index contributed by atoms with van der Waals surface area (Å²) in [6.07, 6.45) is 2.30. The van der Waals surface area contributed by atoms with Crippen LogP contribution in [0.2, 0.25) is 0 Å². The fourth-order valence-corrected chi connectivity index (χ4v) is 3.98. The molecule has 8 heteroatoms. The predicted octanol–water partition coefficient (Wildman–Crippen LogP) is 5.51. The number of carbonyl (C=O) groups excluding carboxylic acids is 2. The molecule has 3 aromatic carbocycles. The minimum Gasteiger partial charge on any atom is -0.497 e. The van der Waals surface area contributed by atoms with E-state index in [1.165, 1.54) is 30.3 Å². The third kappa shape index (κ3) is 5.21. The summed E-state index contributed by atoms with van der Waals surface area (Å²) in [6.45, 7) is 4.09. The number of fused-ring (bicyclic) bond motifs is 1.